The first-order chi connectivity index (χ1) is 15.1. The number of nitrogens with zero attached hydrogens (tertiary/aromatic N) is 1. The van der Waals surface area contributed by atoms with E-state index >= 15 is 0 Å². The van der Waals surface area contributed by atoms with E-state index in [9.17, 15) is 0 Å². The molecule has 4 aromatic rings. The molecule has 1 aliphatic heterocycles. The van der Waals surface area contributed by atoms with Gasteiger partial charge in [0.2, 0.25) is 0 Å². The number of hydrogen-bond donors (Lipinski definition) is 0. The number of aryl methyl sites for hydroxylation is 1. The fraction of sp³-hybridized carbons (Fsp3) is 0.233. The van der Waals surface area contributed by atoms with Gasteiger partial charge >= 0.3 is 0 Å². The first kappa shape index (κ1) is 17.5. The normalized spacial score (nSPS) is 18.5. The van der Waals surface area contributed by atoms with Crippen molar-refractivity contribution in [1.29, 1.82) is 0 Å². The van der Waals surface area contributed by atoms with Gasteiger partial charge in [0.15, 0.2) is 17.4 Å². The molecule has 1 atom stereocenters. The Bertz CT molecular complexity index is 1420. The highest BCUT2D eigenvalue weighted by molar-refractivity contribution is 5.81. The van der Waals surface area contributed by atoms with Crippen molar-refractivity contribution >= 4 is 0 Å². The van der Waals surface area contributed by atoms with Crippen LogP contribution in [-0.2, 0) is 18.4 Å². The maximum Gasteiger partial charge on any atom is 0.198 e. The van der Waals surface area contributed by atoms with Crippen molar-refractivity contribution in [2.75, 3.05) is 0 Å². The summed E-state index contributed by atoms with van der Waals surface area (Å²) in [6, 6.07) is 25.1. The molecule has 3 aliphatic rings. The minimum absolute atomic E-state index is 0.0721. The predicted molar refractivity (Wildman–Crippen MR) is 125 cm³/mol. The van der Waals surface area contributed by atoms with Crippen LogP contribution in [0, 0.1) is 6.92 Å². The molecule has 1 unspecified atom stereocenters. The Balaban J connectivity index is 1.65. The van der Waals surface area contributed by atoms with Gasteiger partial charge in [-0.2, -0.15) is 4.57 Å². The van der Waals surface area contributed by atoms with E-state index in [1.165, 1.54) is 55.8 Å². The molecule has 0 spiro atoms. The van der Waals surface area contributed by atoms with Crippen molar-refractivity contribution in [3.8, 4) is 11.1 Å². The lowest BCUT2D eigenvalue weighted by Crippen LogP contribution is -2.61. The zero-order valence-corrected chi connectivity index (χ0v) is 18.4. The Morgan fingerprint density at radius 1 is 0.774 bits per heavy atom. The molecule has 1 aromatic heterocycles. The Morgan fingerprint density at radius 3 is 2.39 bits per heavy atom. The average Bonchev–Trinajstić information content (AvgIpc) is 3.15. The van der Waals surface area contributed by atoms with Gasteiger partial charge in [0.25, 0.3) is 0 Å². The third-order valence-electron chi connectivity index (χ3n) is 7.98. The second-order valence-corrected chi connectivity index (χ2v) is 10.0. The van der Waals surface area contributed by atoms with Crippen LogP contribution in [0.15, 0.2) is 72.9 Å². The molecule has 150 valence electrons. The molecule has 31 heavy (non-hydrogen) atoms. The number of benzene rings is 3. The van der Waals surface area contributed by atoms with Crippen LogP contribution in [0.3, 0.4) is 0 Å². The Labute approximate surface area is 184 Å². The fourth-order valence-corrected chi connectivity index (χ4v) is 6.82. The van der Waals surface area contributed by atoms with Crippen molar-refractivity contribution in [2.24, 2.45) is 0 Å². The van der Waals surface area contributed by atoms with Crippen LogP contribution >= 0.6 is 0 Å². The van der Waals surface area contributed by atoms with Crippen LogP contribution in [-0.4, -0.2) is 0 Å². The molecule has 2 aliphatic carbocycles. The number of hydrogen-bond acceptors (Lipinski definition) is 0. The largest absolute Gasteiger partial charge is 0.198 e. The average molecular weight is 401 g/mol. The van der Waals surface area contributed by atoms with Crippen molar-refractivity contribution in [2.45, 2.75) is 45.1 Å². The van der Waals surface area contributed by atoms with Gasteiger partial charge in [-0.1, -0.05) is 66.7 Å². The van der Waals surface area contributed by atoms with Crippen molar-refractivity contribution in [3.63, 3.8) is 0 Å². The van der Waals surface area contributed by atoms with Crippen LogP contribution in [0.5, 0.6) is 0 Å². The van der Waals surface area contributed by atoms with Crippen LogP contribution < -0.4 is 4.57 Å². The Hall–Kier alpha value is -3.19. The molecule has 1 heteroatoms. The molecule has 0 amide bonds. The quantitative estimate of drug-likeness (QED) is 0.274. The monoisotopic (exact) mass is 400 g/mol. The molecule has 3 aromatic carbocycles. The van der Waals surface area contributed by atoms with Crippen LogP contribution in [0.1, 0.15) is 70.0 Å². The van der Waals surface area contributed by atoms with E-state index < -0.39 is 0 Å². The summed E-state index contributed by atoms with van der Waals surface area (Å²) >= 11 is 0. The smallest absolute Gasteiger partial charge is 0.192 e. The molecule has 0 fully saturated rings. The minimum Gasteiger partial charge on any atom is -0.192 e. The summed E-state index contributed by atoms with van der Waals surface area (Å²) in [5.41, 5.74) is 16.3. The van der Waals surface area contributed by atoms with Gasteiger partial charge in [-0.05, 0) is 40.3 Å². The second kappa shape index (κ2) is 5.73. The highest BCUT2D eigenvalue weighted by atomic mass is 15.1. The van der Waals surface area contributed by atoms with E-state index in [1.54, 1.807) is 5.56 Å². The van der Waals surface area contributed by atoms with E-state index in [1.807, 2.05) is 0 Å². The first-order valence-electron chi connectivity index (χ1n) is 11.4. The van der Waals surface area contributed by atoms with E-state index in [0.717, 1.165) is 12.8 Å². The number of aromatic nitrogens is 1. The standard InChI is InChI=1S/C30H26N/c1-18-9-8-14-24-27-23-13-7-5-11-20(23)16-25-26-21(15-19-10-4-6-12-22(19)26)17-31(29(25)27)30(2,3)28(18)24/h4-14,17,27H,15-16H2,1-3H3/q+1. The third-order valence-corrected chi connectivity index (χ3v) is 7.98. The van der Waals surface area contributed by atoms with Gasteiger partial charge in [0, 0.05) is 48.9 Å². The lowest BCUT2D eigenvalue weighted by Gasteiger charge is -2.39. The SMILES string of the molecule is Cc1cccc2c1C(C)(C)[n+]1cc3c(c4c1C2c1ccccc1C4)-c1ccccc1C3. The Morgan fingerprint density at radius 2 is 1.52 bits per heavy atom. The fourth-order valence-electron chi connectivity index (χ4n) is 6.82. The Kier molecular flexibility index (Phi) is 3.23. The summed E-state index contributed by atoms with van der Waals surface area (Å²) in [5, 5.41) is 0. The van der Waals surface area contributed by atoms with E-state index in [4.69, 9.17) is 0 Å². The van der Waals surface area contributed by atoms with E-state index in [2.05, 4.69) is 98.3 Å². The number of fused-ring (bicyclic) bond motifs is 8. The van der Waals surface area contributed by atoms with Gasteiger partial charge in [-0.3, -0.25) is 0 Å². The molecule has 0 radical (unpaired) electrons. The van der Waals surface area contributed by atoms with Gasteiger partial charge < -0.3 is 0 Å². The summed E-state index contributed by atoms with van der Waals surface area (Å²) in [5.74, 6) is 0.306. The molecular formula is C30H26N+. The third kappa shape index (κ3) is 2.09. The summed E-state index contributed by atoms with van der Waals surface area (Å²) in [7, 11) is 0. The number of rotatable bonds is 0. The predicted octanol–water partition coefficient (Wildman–Crippen LogP) is 6.03. The van der Waals surface area contributed by atoms with Crippen molar-refractivity contribution in [3.05, 3.63) is 123 Å². The van der Waals surface area contributed by atoms with Gasteiger partial charge in [-0.25, -0.2) is 0 Å². The maximum atomic E-state index is 2.64. The van der Waals surface area contributed by atoms with Gasteiger partial charge in [0.05, 0.1) is 5.92 Å². The van der Waals surface area contributed by atoms with Crippen LogP contribution in [0.4, 0.5) is 0 Å². The highest BCUT2D eigenvalue weighted by Crippen LogP contribution is 2.51. The first-order valence-corrected chi connectivity index (χ1v) is 11.4. The molecule has 2 heterocycles. The molecular weight excluding hydrogens is 374 g/mol. The topological polar surface area (TPSA) is 3.88 Å². The van der Waals surface area contributed by atoms with Gasteiger partial charge in [0.1, 0.15) is 0 Å². The zero-order chi connectivity index (χ0) is 20.9. The summed E-state index contributed by atoms with van der Waals surface area (Å²) in [6.07, 6.45) is 4.56. The summed E-state index contributed by atoms with van der Waals surface area (Å²) in [6.45, 7) is 7.10. The zero-order valence-electron chi connectivity index (χ0n) is 18.4. The molecule has 7 rings (SSSR count). The molecule has 0 saturated heterocycles. The van der Waals surface area contributed by atoms with E-state index in [-0.39, 0.29) is 5.54 Å². The van der Waals surface area contributed by atoms with Crippen molar-refractivity contribution in [1.82, 2.24) is 0 Å². The summed E-state index contributed by atoms with van der Waals surface area (Å²) in [4.78, 5) is 0. The second-order valence-electron chi connectivity index (χ2n) is 10.0. The van der Waals surface area contributed by atoms with Gasteiger partial charge in [-0.15, -0.1) is 0 Å². The maximum absolute atomic E-state index is 2.64. The highest BCUT2D eigenvalue weighted by Gasteiger charge is 2.50. The lowest BCUT2D eigenvalue weighted by molar-refractivity contribution is -0.757. The van der Waals surface area contributed by atoms with Crippen LogP contribution in [0.25, 0.3) is 11.1 Å². The number of pyridine rings is 1. The molecule has 0 N–H and O–H groups in total. The van der Waals surface area contributed by atoms with E-state index in [0.29, 0.717) is 5.92 Å². The summed E-state index contributed by atoms with van der Waals surface area (Å²) < 4.78 is 2.64. The molecule has 0 bridgehead atoms. The van der Waals surface area contributed by atoms with Crippen LogP contribution in [0.2, 0.25) is 0 Å². The molecule has 0 saturated carbocycles. The molecule has 1 nitrogen and oxygen atoms in total. The minimum atomic E-state index is -0.0721. The lowest BCUT2D eigenvalue weighted by atomic mass is 9.68. The van der Waals surface area contributed by atoms with Crippen molar-refractivity contribution < 1.29 is 4.57 Å².